The predicted octanol–water partition coefficient (Wildman–Crippen LogP) is -1.26. The van der Waals surface area contributed by atoms with Gasteiger partial charge in [-0.15, -0.1) is 0 Å². The van der Waals surface area contributed by atoms with Crippen LogP contribution in [0.15, 0.2) is 11.4 Å². The van der Waals surface area contributed by atoms with E-state index in [0.29, 0.717) is 16.2 Å². The smallest absolute Gasteiger partial charge is 0.191 e. The van der Waals surface area contributed by atoms with Crippen LogP contribution >= 0.6 is 11.8 Å². The van der Waals surface area contributed by atoms with Crippen LogP contribution < -0.4 is 5.73 Å². The lowest BCUT2D eigenvalue weighted by Crippen LogP contribution is -2.33. The van der Waals surface area contributed by atoms with Crippen LogP contribution in [0.2, 0.25) is 0 Å². The molecule has 114 valence electrons. The normalized spacial score (nSPS) is 29.3. The zero-order chi connectivity index (χ0) is 15.1. The zero-order valence-electron chi connectivity index (χ0n) is 11.1. The van der Waals surface area contributed by atoms with Crippen LogP contribution in [0.3, 0.4) is 0 Å². The summed E-state index contributed by atoms with van der Waals surface area (Å²) in [4.78, 5) is 8.41. The molecule has 1 fully saturated rings. The van der Waals surface area contributed by atoms with Gasteiger partial charge in [-0.25, -0.2) is 14.6 Å². The number of aliphatic hydroxyl groups excluding tert-OH is 3. The minimum absolute atomic E-state index is 0.280. The molecule has 0 aromatic carbocycles. The van der Waals surface area contributed by atoms with Gasteiger partial charge in [0.15, 0.2) is 17.0 Å². The summed E-state index contributed by atoms with van der Waals surface area (Å²) in [5.74, 6) is 0.280. The van der Waals surface area contributed by atoms with Crippen molar-refractivity contribution in [2.75, 3.05) is 18.6 Å². The van der Waals surface area contributed by atoms with E-state index in [0.717, 1.165) is 0 Å². The van der Waals surface area contributed by atoms with E-state index in [9.17, 15) is 10.2 Å². The second-order valence-corrected chi connectivity index (χ2v) is 5.42. The van der Waals surface area contributed by atoms with Crippen LogP contribution in [0.5, 0.6) is 0 Å². The lowest BCUT2D eigenvalue weighted by Gasteiger charge is -2.15. The average Bonchev–Trinajstić information content (AvgIpc) is 3.02. The molecule has 0 saturated carbocycles. The molecule has 1 saturated heterocycles. The van der Waals surface area contributed by atoms with Crippen molar-refractivity contribution in [2.24, 2.45) is 0 Å². The van der Waals surface area contributed by atoms with Crippen molar-refractivity contribution in [3.63, 3.8) is 0 Å². The summed E-state index contributed by atoms with van der Waals surface area (Å²) in [5.41, 5.74) is 6.25. The number of hydrogen-bond donors (Lipinski definition) is 4. The van der Waals surface area contributed by atoms with Gasteiger partial charge < -0.3 is 25.8 Å². The Hall–Kier alpha value is -1.46. The first kappa shape index (κ1) is 14.5. The van der Waals surface area contributed by atoms with Crippen LogP contribution in [0.25, 0.3) is 11.0 Å². The van der Waals surface area contributed by atoms with Gasteiger partial charge in [0.2, 0.25) is 0 Å². The first-order chi connectivity index (χ1) is 10.1. The fourth-order valence-electron chi connectivity index (χ4n) is 2.29. The van der Waals surface area contributed by atoms with Crippen molar-refractivity contribution in [1.82, 2.24) is 19.7 Å². The SMILES string of the molecule is CSc1nc(N)c2cnn([C@H]3O[C@@H](CO)[C@@H](O)[C@@H]3O)c2n1. The Morgan fingerprint density at radius 3 is 2.76 bits per heavy atom. The van der Waals surface area contributed by atoms with E-state index in [1.165, 1.54) is 22.6 Å². The van der Waals surface area contributed by atoms with Gasteiger partial charge in [0.25, 0.3) is 0 Å². The van der Waals surface area contributed by atoms with Crippen LogP contribution in [-0.4, -0.2) is 66.2 Å². The lowest BCUT2D eigenvalue weighted by molar-refractivity contribution is -0.0566. The number of aromatic nitrogens is 4. The number of nitrogens with two attached hydrogens (primary N) is 1. The molecule has 3 rings (SSSR count). The van der Waals surface area contributed by atoms with E-state index in [4.69, 9.17) is 15.6 Å². The second-order valence-electron chi connectivity index (χ2n) is 4.65. The average molecular weight is 313 g/mol. The maximum absolute atomic E-state index is 10.1. The van der Waals surface area contributed by atoms with Crippen molar-refractivity contribution in [3.05, 3.63) is 6.20 Å². The van der Waals surface area contributed by atoms with E-state index in [-0.39, 0.29) is 5.82 Å². The number of anilines is 1. The van der Waals surface area contributed by atoms with Crippen LogP contribution in [0, 0.1) is 0 Å². The van der Waals surface area contributed by atoms with Gasteiger partial charge in [0.05, 0.1) is 18.2 Å². The fourth-order valence-corrected chi connectivity index (χ4v) is 2.65. The molecule has 3 heterocycles. The molecular formula is C11H15N5O4S. The summed E-state index contributed by atoms with van der Waals surface area (Å²) < 4.78 is 6.79. The molecule has 2 aromatic rings. The number of hydrogen-bond acceptors (Lipinski definition) is 9. The monoisotopic (exact) mass is 313 g/mol. The molecule has 0 radical (unpaired) electrons. The third kappa shape index (κ3) is 2.24. The Morgan fingerprint density at radius 1 is 1.38 bits per heavy atom. The highest BCUT2D eigenvalue weighted by Gasteiger charge is 2.44. The molecule has 10 heteroatoms. The molecule has 0 bridgehead atoms. The van der Waals surface area contributed by atoms with Crippen molar-refractivity contribution in [3.8, 4) is 0 Å². The Morgan fingerprint density at radius 2 is 2.14 bits per heavy atom. The minimum Gasteiger partial charge on any atom is -0.394 e. The third-order valence-electron chi connectivity index (χ3n) is 3.40. The fraction of sp³-hybridized carbons (Fsp3) is 0.545. The quantitative estimate of drug-likeness (QED) is 0.404. The van der Waals surface area contributed by atoms with Gasteiger partial charge in [-0.2, -0.15) is 5.10 Å². The molecular weight excluding hydrogens is 298 g/mol. The van der Waals surface area contributed by atoms with Crippen molar-refractivity contribution < 1.29 is 20.1 Å². The van der Waals surface area contributed by atoms with E-state index < -0.39 is 31.1 Å². The number of rotatable bonds is 3. The first-order valence-corrected chi connectivity index (χ1v) is 7.46. The van der Waals surface area contributed by atoms with Crippen molar-refractivity contribution in [2.45, 2.75) is 29.7 Å². The van der Waals surface area contributed by atoms with E-state index >= 15 is 0 Å². The topological polar surface area (TPSA) is 140 Å². The minimum atomic E-state index is -1.22. The lowest BCUT2D eigenvalue weighted by atomic mass is 10.1. The highest BCUT2D eigenvalue weighted by atomic mass is 32.2. The Balaban J connectivity index is 2.07. The first-order valence-electron chi connectivity index (χ1n) is 6.24. The Labute approximate surface area is 123 Å². The van der Waals surface area contributed by atoms with Crippen LogP contribution in [0.1, 0.15) is 6.23 Å². The highest BCUT2D eigenvalue weighted by Crippen LogP contribution is 2.32. The summed E-state index contributed by atoms with van der Waals surface area (Å²) in [5, 5.41) is 34.1. The van der Waals surface area contributed by atoms with E-state index in [2.05, 4.69) is 15.1 Å². The van der Waals surface area contributed by atoms with Crippen LogP contribution in [-0.2, 0) is 4.74 Å². The molecule has 21 heavy (non-hydrogen) atoms. The molecule has 1 aliphatic heterocycles. The van der Waals surface area contributed by atoms with Gasteiger partial charge in [0, 0.05) is 0 Å². The van der Waals surface area contributed by atoms with Gasteiger partial charge in [-0.1, -0.05) is 11.8 Å². The number of aliphatic hydroxyl groups is 3. The number of nitrogen functional groups attached to an aromatic ring is 1. The van der Waals surface area contributed by atoms with Gasteiger partial charge in [-0.05, 0) is 6.26 Å². The molecule has 4 atom stereocenters. The molecule has 0 amide bonds. The highest BCUT2D eigenvalue weighted by molar-refractivity contribution is 7.98. The van der Waals surface area contributed by atoms with E-state index in [1.807, 2.05) is 6.26 Å². The largest absolute Gasteiger partial charge is 0.394 e. The van der Waals surface area contributed by atoms with Crippen molar-refractivity contribution in [1.29, 1.82) is 0 Å². The molecule has 9 nitrogen and oxygen atoms in total. The summed E-state index contributed by atoms with van der Waals surface area (Å²) >= 11 is 1.32. The second kappa shape index (κ2) is 5.39. The summed E-state index contributed by atoms with van der Waals surface area (Å²) in [6.45, 7) is -0.402. The summed E-state index contributed by atoms with van der Waals surface area (Å²) in [6.07, 6.45) is -0.947. The van der Waals surface area contributed by atoms with Gasteiger partial charge in [0.1, 0.15) is 24.1 Å². The Kier molecular flexibility index (Phi) is 3.71. The third-order valence-corrected chi connectivity index (χ3v) is 3.95. The number of nitrogens with zero attached hydrogens (tertiary/aromatic N) is 4. The Bertz CT molecular complexity index is 665. The molecule has 1 aliphatic rings. The summed E-state index contributed by atoms with van der Waals surface area (Å²) in [6, 6.07) is 0. The zero-order valence-corrected chi connectivity index (χ0v) is 11.9. The number of ether oxygens (including phenoxy) is 1. The van der Waals surface area contributed by atoms with Gasteiger partial charge in [-0.3, -0.25) is 0 Å². The molecule has 0 unspecified atom stereocenters. The number of thioether (sulfide) groups is 1. The van der Waals surface area contributed by atoms with Gasteiger partial charge >= 0.3 is 0 Å². The number of fused-ring (bicyclic) bond motifs is 1. The summed E-state index contributed by atoms with van der Waals surface area (Å²) in [7, 11) is 0. The van der Waals surface area contributed by atoms with Crippen molar-refractivity contribution >= 4 is 28.6 Å². The molecule has 5 N–H and O–H groups in total. The van der Waals surface area contributed by atoms with Crippen LogP contribution in [0.4, 0.5) is 5.82 Å². The van der Waals surface area contributed by atoms with E-state index in [1.54, 1.807) is 0 Å². The predicted molar refractivity (Wildman–Crippen MR) is 74.5 cm³/mol. The molecule has 2 aromatic heterocycles. The standard InChI is InChI=1S/C11H15N5O4S/c1-21-11-14-8(12)4-2-13-16(9(4)15-11)10-7(19)6(18)5(3-17)20-10/h2,5-7,10,17-19H,3H2,1H3,(H2,12,14,15)/t5-,6+,7-,10-/m0/s1. The molecule has 0 spiro atoms. The molecule has 0 aliphatic carbocycles. The maximum atomic E-state index is 10.1. The maximum Gasteiger partial charge on any atom is 0.191 e.